The summed E-state index contributed by atoms with van der Waals surface area (Å²) in [6.07, 6.45) is 0.454. The highest BCUT2D eigenvalue weighted by Crippen LogP contribution is 2.14. The Morgan fingerprint density at radius 2 is 2.38 bits per heavy atom. The predicted molar refractivity (Wildman–Crippen MR) is 59.7 cm³/mol. The summed E-state index contributed by atoms with van der Waals surface area (Å²) >= 11 is 5.65. The molecule has 0 aromatic heterocycles. The molecule has 1 atom stereocenters. The van der Waals surface area contributed by atoms with Gasteiger partial charge in [0.05, 0.1) is 0 Å². The third-order valence-electron chi connectivity index (χ3n) is 2.57. The number of hydrogen-bond acceptors (Lipinski definition) is 2. The van der Waals surface area contributed by atoms with E-state index < -0.39 is 0 Å². The van der Waals surface area contributed by atoms with Crippen LogP contribution in [0.3, 0.4) is 0 Å². The van der Waals surface area contributed by atoms with Gasteiger partial charge in [-0.3, -0.25) is 4.79 Å². The quantitative estimate of drug-likeness (QED) is 0.843. The zero-order chi connectivity index (χ0) is 11.5. The Balaban J connectivity index is 1.92. The Morgan fingerprint density at radius 1 is 1.56 bits per heavy atom. The first-order valence-corrected chi connectivity index (χ1v) is 5.47. The third kappa shape index (κ3) is 2.71. The fourth-order valence-electron chi connectivity index (χ4n) is 1.67. The maximum absolute atomic E-state index is 13.4. The van der Waals surface area contributed by atoms with Gasteiger partial charge in [-0.15, -0.1) is 0 Å². The highest BCUT2D eigenvalue weighted by Gasteiger charge is 2.20. The Labute approximate surface area is 98.0 Å². The van der Waals surface area contributed by atoms with E-state index in [-0.39, 0.29) is 17.8 Å². The molecule has 1 amide bonds. The Bertz CT molecular complexity index is 411. The Kier molecular flexibility index (Phi) is 3.41. The second-order valence-corrected chi connectivity index (χ2v) is 4.26. The van der Waals surface area contributed by atoms with E-state index in [0.29, 0.717) is 30.1 Å². The number of amides is 1. The monoisotopic (exact) mass is 242 g/mol. The lowest BCUT2D eigenvalue weighted by Gasteiger charge is -2.10. The van der Waals surface area contributed by atoms with E-state index in [1.807, 2.05) is 0 Å². The summed E-state index contributed by atoms with van der Waals surface area (Å²) in [5.74, 6) is -0.286. The van der Waals surface area contributed by atoms with Gasteiger partial charge in [-0.2, -0.15) is 0 Å². The summed E-state index contributed by atoms with van der Waals surface area (Å²) in [6, 6.07) is 4.67. The molecular formula is C11H12ClFN2O. The minimum absolute atomic E-state index is 0.0362. The number of carbonyl (C=O) groups is 1. The van der Waals surface area contributed by atoms with Crippen LogP contribution in [0.15, 0.2) is 18.2 Å². The van der Waals surface area contributed by atoms with E-state index in [1.54, 1.807) is 12.1 Å². The number of benzene rings is 1. The third-order valence-corrected chi connectivity index (χ3v) is 2.81. The minimum atomic E-state index is -0.322. The van der Waals surface area contributed by atoms with E-state index in [0.717, 1.165) is 0 Å². The van der Waals surface area contributed by atoms with Gasteiger partial charge in [0.1, 0.15) is 5.82 Å². The zero-order valence-electron chi connectivity index (χ0n) is 8.59. The van der Waals surface area contributed by atoms with E-state index in [2.05, 4.69) is 10.6 Å². The van der Waals surface area contributed by atoms with Crippen LogP contribution in [0.2, 0.25) is 5.02 Å². The van der Waals surface area contributed by atoms with E-state index in [1.165, 1.54) is 6.07 Å². The lowest BCUT2D eigenvalue weighted by atomic mass is 10.2. The molecule has 0 spiro atoms. The van der Waals surface area contributed by atoms with Crippen LogP contribution < -0.4 is 10.6 Å². The fourth-order valence-corrected chi connectivity index (χ4v) is 1.83. The molecule has 2 rings (SSSR count). The lowest BCUT2D eigenvalue weighted by Crippen LogP contribution is -2.30. The first-order chi connectivity index (χ1) is 7.65. The van der Waals surface area contributed by atoms with E-state index >= 15 is 0 Å². The second kappa shape index (κ2) is 4.80. The van der Waals surface area contributed by atoms with Crippen molar-refractivity contribution in [3.63, 3.8) is 0 Å². The molecule has 1 fully saturated rings. The van der Waals surface area contributed by atoms with Crippen molar-refractivity contribution < 1.29 is 9.18 Å². The van der Waals surface area contributed by atoms with Gasteiger partial charge in [0.2, 0.25) is 5.91 Å². The number of nitrogens with one attached hydrogen (secondary N) is 2. The summed E-state index contributed by atoms with van der Waals surface area (Å²) < 4.78 is 13.4. The maximum Gasteiger partial charge on any atom is 0.221 e. The van der Waals surface area contributed by atoms with Crippen molar-refractivity contribution in [1.29, 1.82) is 0 Å². The molecule has 0 radical (unpaired) electrons. The average Bonchev–Trinajstić information content (AvgIpc) is 2.63. The van der Waals surface area contributed by atoms with Gasteiger partial charge in [0.15, 0.2) is 0 Å². The summed E-state index contributed by atoms with van der Waals surface area (Å²) in [7, 11) is 0. The SMILES string of the molecule is O=C1CC(NCc2ccc(Cl)cc2F)CN1. The van der Waals surface area contributed by atoms with Gasteiger partial charge in [-0.1, -0.05) is 17.7 Å². The van der Waals surface area contributed by atoms with E-state index in [4.69, 9.17) is 11.6 Å². The highest BCUT2D eigenvalue weighted by atomic mass is 35.5. The molecule has 5 heteroatoms. The summed E-state index contributed by atoms with van der Waals surface area (Å²) in [4.78, 5) is 10.9. The van der Waals surface area contributed by atoms with Crippen LogP contribution in [0.1, 0.15) is 12.0 Å². The highest BCUT2D eigenvalue weighted by molar-refractivity contribution is 6.30. The molecule has 1 aliphatic heterocycles. The van der Waals surface area contributed by atoms with Crippen LogP contribution in [-0.2, 0) is 11.3 Å². The van der Waals surface area contributed by atoms with Crippen molar-refractivity contribution in [3.8, 4) is 0 Å². The molecule has 0 aliphatic carbocycles. The number of rotatable bonds is 3. The molecule has 1 aromatic carbocycles. The van der Waals surface area contributed by atoms with Gasteiger partial charge in [0.25, 0.3) is 0 Å². The fraction of sp³-hybridized carbons (Fsp3) is 0.364. The minimum Gasteiger partial charge on any atom is -0.354 e. The van der Waals surface area contributed by atoms with Crippen LogP contribution in [-0.4, -0.2) is 18.5 Å². The molecule has 0 bridgehead atoms. The molecule has 1 aliphatic rings. The first-order valence-electron chi connectivity index (χ1n) is 5.09. The van der Waals surface area contributed by atoms with Crippen molar-refractivity contribution in [3.05, 3.63) is 34.6 Å². The lowest BCUT2D eigenvalue weighted by molar-refractivity contribution is -0.119. The van der Waals surface area contributed by atoms with E-state index in [9.17, 15) is 9.18 Å². The second-order valence-electron chi connectivity index (χ2n) is 3.82. The Morgan fingerprint density at radius 3 is 3.00 bits per heavy atom. The molecular weight excluding hydrogens is 231 g/mol. The molecule has 1 aromatic rings. The molecule has 1 heterocycles. The average molecular weight is 243 g/mol. The van der Waals surface area contributed by atoms with Gasteiger partial charge >= 0.3 is 0 Å². The molecule has 16 heavy (non-hydrogen) atoms. The molecule has 3 nitrogen and oxygen atoms in total. The number of carbonyl (C=O) groups excluding carboxylic acids is 1. The largest absolute Gasteiger partial charge is 0.354 e. The van der Waals surface area contributed by atoms with Crippen molar-refractivity contribution in [2.75, 3.05) is 6.54 Å². The first kappa shape index (κ1) is 11.4. The van der Waals surface area contributed by atoms with Crippen molar-refractivity contribution >= 4 is 17.5 Å². The summed E-state index contributed by atoms with van der Waals surface area (Å²) in [6.45, 7) is 1.01. The summed E-state index contributed by atoms with van der Waals surface area (Å²) in [5.41, 5.74) is 0.559. The van der Waals surface area contributed by atoms with Gasteiger partial charge in [0, 0.05) is 36.1 Å². The molecule has 1 unspecified atom stereocenters. The van der Waals surface area contributed by atoms with Crippen molar-refractivity contribution in [2.45, 2.75) is 19.0 Å². The topological polar surface area (TPSA) is 41.1 Å². The summed E-state index contributed by atoms with van der Waals surface area (Å²) in [5, 5.41) is 6.22. The normalized spacial score (nSPS) is 19.9. The van der Waals surface area contributed by atoms with Crippen LogP contribution >= 0.6 is 11.6 Å². The number of halogens is 2. The Hall–Kier alpha value is -1.13. The van der Waals surface area contributed by atoms with Crippen molar-refractivity contribution in [2.24, 2.45) is 0 Å². The van der Waals surface area contributed by atoms with Gasteiger partial charge in [-0.25, -0.2) is 4.39 Å². The van der Waals surface area contributed by atoms with Gasteiger partial charge < -0.3 is 10.6 Å². The van der Waals surface area contributed by atoms with Crippen LogP contribution in [0, 0.1) is 5.82 Å². The van der Waals surface area contributed by atoms with Crippen LogP contribution in [0.5, 0.6) is 0 Å². The van der Waals surface area contributed by atoms with Crippen molar-refractivity contribution in [1.82, 2.24) is 10.6 Å². The van der Waals surface area contributed by atoms with Gasteiger partial charge in [-0.05, 0) is 12.1 Å². The number of hydrogen-bond donors (Lipinski definition) is 2. The van der Waals surface area contributed by atoms with Crippen LogP contribution in [0.4, 0.5) is 4.39 Å². The molecule has 1 saturated heterocycles. The molecule has 2 N–H and O–H groups in total. The van der Waals surface area contributed by atoms with Crippen LogP contribution in [0.25, 0.3) is 0 Å². The predicted octanol–water partition coefficient (Wildman–Crippen LogP) is 1.46. The molecule has 0 saturated carbocycles. The molecule has 86 valence electrons. The maximum atomic E-state index is 13.4. The zero-order valence-corrected chi connectivity index (χ0v) is 9.35. The smallest absolute Gasteiger partial charge is 0.221 e. The standard InChI is InChI=1S/C11H12ClFN2O/c12-8-2-1-7(10(13)3-8)5-14-9-4-11(16)15-6-9/h1-3,9,14H,4-6H2,(H,15,16).